The number of aromatic hydroxyl groups is 1. The van der Waals surface area contributed by atoms with Gasteiger partial charge in [-0.15, -0.1) is 0 Å². The Hall–Kier alpha value is -1.27. The SMILES string of the molecule is Nc1ccc(O)c(CNS(=O)(=O)CC2CCCCC2)c1. The third-order valence-electron chi connectivity index (χ3n) is 3.77. The van der Waals surface area contributed by atoms with Crippen LogP contribution in [0.4, 0.5) is 5.69 Å². The molecule has 1 aliphatic rings. The van der Waals surface area contributed by atoms with Crippen LogP contribution < -0.4 is 10.5 Å². The molecule has 1 saturated carbocycles. The number of hydrogen-bond donors (Lipinski definition) is 3. The fraction of sp³-hybridized carbons (Fsp3) is 0.571. The van der Waals surface area contributed by atoms with E-state index < -0.39 is 10.0 Å². The van der Waals surface area contributed by atoms with Crippen LogP contribution in [0.25, 0.3) is 0 Å². The number of nitrogen functional groups attached to an aromatic ring is 1. The van der Waals surface area contributed by atoms with Gasteiger partial charge in [-0.3, -0.25) is 0 Å². The van der Waals surface area contributed by atoms with Crippen LogP contribution >= 0.6 is 0 Å². The van der Waals surface area contributed by atoms with E-state index in [1.807, 2.05) is 0 Å². The van der Waals surface area contributed by atoms with Crippen LogP contribution in [0.5, 0.6) is 5.75 Å². The van der Waals surface area contributed by atoms with Crippen molar-refractivity contribution in [3.8, 4) is 5.75 Å². The molecule has 20 heavy (non-hydrogen) atoms. The fourth-order valence-electron chi connectivity index (χ4n) is 2.66. The first-order valence-electron chi connectivity index (χ1n) is 7.01. The van der Waals surface area contributed by atoms with Crippen LogP contribution in [-0.4, -0.2) is 19.3 Å². The van der Waals surface area contributed by atoms with Gasteiger partial charge in [0.05, 0.1) is 5.75 Å². The third kappa shape index (κ3) is 4.38. The Morgan fingerprint density at radius 1 is 1.25 bits per heavy atom. The zero-order valence-corrected chi connectivity index (χ0v) is 12.3. The zero-order valence-electron chi connectivity index (χ0n) is 11.5. The van der Waals surface area contributed by atoms with Gasteiger partial charge in [-0.1, -0.05) is 19.3 Å². The lowest BCUT2D eigenvalue weighted by atomic mass is 9.91. The normalized spacial score (nSPS) is 17.2. The summed E-state index contributed by atoms with van der Waals surface area (Å²) in [6.45, 7) is 0.0753. The maximum absolute atomic E-state index is 12.0. The summed E-state index contributed by atoms with van der Waals surface area (Å²) in [7, 11) is -3.31. The van der Waals surface area contributed by atoms with Gasteiger partial charge >= 0.3 is 0 Å². The number of phenols is 1. The van der Waals surface area contributed by atoms with Crippen molar-refractivity contribution in [2.45, 2.75) is 38.6 Å². The van der Waals surface area contributed by atoms with Gasteiger partial charge in [-0.2, -0.15) is 0 Å². The van der Waals surface area contributed by atoms with Gasteiger partial charge in [0.2, 0.25) is 10.0 Å². The maximum Gasteiger partial charge on any atom is 0.212 e. The topological polar surface area (TPSA) is 92.4 Å². The molecule has 2 rings (SSSR count). The second-order valence-corrected chi connectivity index (χ2v) is 7.35. The van der Waals surface area contributed by atoms with Gasteiger partial charge in [0.25, 0.3) is 0 Å². The molecule has 6 heteroatoms. The molecule has 1 aliphatic carbocycles. The van der Waals surface area contributed by atoms with Crippen LogP contribution in [0.2, 0.25) is 0 Å². The zero-order chi connectivity index (χ0) is 14.6. The molecular weight excluding hydrogens is 276 g/mol. The largest absolute Gasteiger partial charge is 0.508 e. The van der Waals surface area contributed by atoms with E-state index >= 15 is 0 Å². The van der Waals surface area contributed by atoms with Crippen molar-refractivity contribution in [1.82, 2.24) is 4.72 Å². The number of rotatable bonds is 5. The van der Waals surface area contributed by atoms with Crippen LogP contribution in [0.3, 0.4) is 0 Å². The molecule has 0 radical (unpaired) electrons. The maximum atomic E-state index is 12.0. The second kappa shape index (κ2) is 6.45. The molecule has 1 fully saturated rings. The first-order valence-corrected chi connectivity index (χ1v) is 8.66. The molecule has 0 amide bonds. The van der Waals surface area contributed by atoms with Gasteiger partial charge in [0.1, 0.15) is 5.75 Å². The molecule has 0 saturated heterocycles. The Balaban J connectivity index is 1.92. The molecule has 1 aromatic carbocycles. The van der Waals surface area contributed by atoms with E-state index in [1.54, 1.807) is 12.1 Å². The van der Waals surface area contributed by atoms with Crippen molar-refractivity contribution in [2.75, 3.05) is 11.5 Å². The van der Waals surface area contributed by atoms with Crippen molar-refractivity contribution < 1.29 is 13.5 Å². The highest BCUT2D eigenvalue weighted by Gasteiger charge is 2.21. The summed E-state index contributed by atoms with van der Waals surface area (Å²) >= 11 is 0. The van der Waals surface area contributed by atoms with E-state index in [1.165, 1.54) is 12.5 Å². The molecule has 0 heterocycles. The predicted molar refractivity (Wildman–Crippen MR) is 79.7 cm³/mol. The van der Waals surface area contributed by atoms with E-state index in [2.05, 4.69) is 4.72 Å². The van der Waals surface area contributed by atoms with Crippen molar-refractivity contribution in [2.24, 2.45) is 5.92 Å². The van der Waals surface area contributed by atoms with Crippen LogP contribution in [0, 0.1) is 5.92 Å². The second-order valence-electron chi connectivity index (χ2n) is 5.49. The summed E-state index contributed by atoms with van der Waals surface area (Å²) in [5.41, 5.74) is 6.63. The Morgan fingerprint density at radius 2 is 1.95 bits per heavy atom. The van der Waals surface area contributed by atoms with Crippen molar-refractivity contribution in [3.63, 3.8) is 0 Å². The minimum Gasteiger partial charge on any atom is -0.508 e. The standard InChI is InChI=1S/C14H22N2O3S/c15-13-6-7-14(17)12(8-13)9-16-20(18,19)10-11-4-2-1-3-5-11/h6-8,11,16-17H,1-5,9-10,15H2. The summed E-state index contributed by atoms with van der Waals surface area (Å²) in [5, 5.41) is 9.66. The van der Waals surface area contributed by atoms with E-state index in [0.29, 0.717) is 11.3 Å². The highest BCUT2D eigenvalue weighted by Crippen LogP contribution is 2.25. The van der Waals surface area contributed by atoms with Gasteiger partial charge in [0.15, 0.2) is 0 Å². The number of benzene rings is 1. The first kappa shape index (κ1) is 15.1. The predicted octanol–water partition coefficient (Wildman–Crippen LogP) is 1.97. The van der Waals surface area contributed by atoms with Crippen molar-refractivity contribution in [3.05, 3.63) is 23.8 Å². The number of nitrogens with two attached hydrogens (primary N) is 1. The monoisotopic (exact) mass is 298 g/mol. The minimum atomic E-state index is -3.31. The molecule has 4 N–H and O–H groups in total. The lowest BCUT2D eigenvalue weighted by Crippen LogP contribution is -2.30. The average molecular weight is 298 g/mol. The van der Waals surface area contributed by atoms with Gasteiger partial charge < -0.3 is 10.8 Å². The summed E-state index contributed by atoms with van der Waals surface area (Å²) in [4.78, 5) is 0. The molecule has 0 aliphatic heterocycles. The summed E-state index contributed by atoms with van der Waals surface area (Å²) in [6, 6.07) is 4.63. The number of sulfonamides is 1. The first-order chi connectivity index (χ1) is 9.46. The molecule has 0 atom stereocenters. The summed E-state index contributed by atoms with van der Waals surface area (Å²) in [5.74, 6) is 0.492. The number of nitrogens with one attached hydrogen (secondary N) is 1. The lowest BCUT2D eigenvalue weighted by Gasteiger charge is -2.21. The molecule has 0 spiro atoms. The summed E-state index contributed by atoms with van der Waals surface area (Å²) in [6.07, 6.45) is 5.43. The molecule has 0 unspecified atom stereocenters. The summed E-state index contributed by atoms with van der Waals surface area (Å²) < 4.78 is 26.6. The number of anilines is 1. The number of hydrogen-bond acceptors (Lipinski definition) is 4. The van der Waals surface area contributed by atoms with Gasteiger partial charge in [-0.05, 0) is 37.0 Å². The van der Waals surface area contributed by atoms with E-state index in [9.17, 15) is 13.5 Å². The van der Waals surface area contributed by atoms with Gasteiger partial charge in [0, 0.05) is 17.8 Å². The minimum absolute atomic E-state index is 0.0552. The van der Waals surface area contributed by atoms with Crippen LogP contribution in [0.15, 0.2) is 18.2 Å². The number of phenolic OH excluding ortho intramolecular Hbond substituents is 1. The lowest BCUT2D eigenvalue weighted by molar-refractivity contribution is 0.384. The average Bonchev–Trinajstić information content (AvgIpc) is 2.40. The molecule has 112 valence electrons. The smallest absolute Gasteiger partial charge is 0.212 e. The highest BCUT2D eigenvalue weighted by atomic mass is 32.2. The van der Waals surface area contributed by atoms with E-state index in [4.69, 9.17) is 5.73 Å². The molecule has 0 aromatic heterocycles. The Morgan fingerprint density at radius 3 is 2.65 bits per heavy atom. The van der Waals surface area contributed by atoms with Crippen molar-refractivity contribution in [1.29, 1.82) is 0 Å². The van der Waals surface area contributed by atoms with E-state index in [0.717, 1.165) is 25.7 Å². The highest BCUT2D eigenvalue weighted by molar-refractivity contribution is 7.89. The van der Waals surface area contributed by atoms with Gasteiger partial charge in [-0.25, -0.2) is 13.1 Å². The van der Waals surface area contributed by atoms with Crippen LogP contribution in [0.1, 0.15) is 37.7 Å². The Labute approximate surface area is 120 Å². The third-order valence-corrected chi connectivity index (χ3v) is 5.26. The Bertz CT molecular complexity index is 552. The van der Waals surface area contributed by atoms with Crippen molar-refractivity contribution >= 4 is 15.7 Å². The quantitative estimate of drug-likeness (QED) is 0.572. The molecule has 1 aromatic rings. The molecule has 5 nitrogen and oxygen atoms in total. The fourth-order valence-corrected chi connectivity index (χ4v) is 4.10. The van der Waals surface area contributed by atoms with E-state index in [-0.39, 0.29) is 24.0 Å². The molecular formula is C14H22N2O3S. The van der Waals surface area contributed by atoms with Crippen LogP contribution in [-0.2, 0) is 16.6 Å². The molecule has 0 bridgehead atoms. The Kier molecular flexibility index (Phi) is 4.88.